The highest BCUT2D eigenvalue weighted by Gasteiger charge is 2.09. The summed E-state index contributed by atoms with van der Waals surface area (Å²) in [5.41, 5.74) is 2.88. The molecule has 0 heterocycles. The van der Waals surface area contributed by atoms with Gasteiger partial charge in [0.15, 0.2) is 0 Å². The van der Waals surface area contributed by atoms with Crippen LogP contribution in [0.25, 0.3) is 0 Å². The summed E-state index contributed by atoms with van der Waals surface area (Å²) in [6.07, 6.45) is 6.16. The first-order valence-electron chi connectivity index (χ1n) is 7.14. The Morgan fingerprint density at radius 1 is 1.00 bits per heavy atom. The van der Waals surface area contributed by atoms with Gasteiger partial charge in [0.2, 0.25) is 0 Å². The van der Waals surface area contributed by atoms with Gasteiger partial charge in [0.1, 0.15) is 0 Å². The lowest BCUT2D eigenvalue weighted by molar-refractivity contribution is 0.481. The Morgan fingerprint density at radius 2 is 1.71 bits per heavy atom. The molecule has 1 aromatic rings. The summed E-state index contributed by atoms with van der Waals surface area (Å²) >= 11 is 0. The van der Waals surface area contributed by atoms with Gasteiger partial charge in [0.05, 0.1) is 0 Å². The van der Waals surface area contributed by atoms with Crippen LogP contribution in [0.4, 0.5) is 0 Å². The van der Waals surface area contributed by atoms with Crippen molar-refractivity contribution in [1.29, 1.82) is 0 Å². The standard InChI is InChI=1S/C16H27N/c1-4-7-8-16(17-13-5-2)15-11-9-14(6-3)10-12-15/h9-12,16-17H,4-8,13H2,1-3H3. The SMILES string of the molecule is CCCCC(NCCC)c1ccc(CC)cc1. The van der Waals surface area contributed by atoms with Crippen LogP contribution in [0.1, 0.15) is 63.6 Å². The van der Waals surface area contributed by atoms with Crippen LogP contribution < -0.4 is 5.32 Å². The number of hydrogen-bond acceptors (Lipinski definition) is 1. The topological polar surface area (TPSA) is 12.0 Å². The first kappa shape index (κ1) is 14.2. The van der Waals surface area contributed by atoms with E-state index in [9.17, 15) is 0 Å². The van der Waals surface area contributed by atoms with Gasteiger partial charge in [0.25, 0.3) is 0 Å². The molecular weight excluding hydrogens is 206 g/mol. The van der Waals surface area contributed by atoms with Crippen LogP contribution in [0.2, 0.25) is 0 Å². The molecule has 0 radical (unpaired) electrons. The van der Waals surface area contributed by atoms with Crippen molar-refractivity contribution >= 4 is 0 Å². The van der Waals surface area contributed by atoms with Crippen LogP contribution in [0.15, 0.2) is 24.3 Å². The summed E-state index contributed by atoms with van der Waals surface area (Å²) in [4.78, 5) is 0. The first-order valence-corrected chi connectivity index (χ1v) is 7.14. The van der Waals surface area contributed by atoms with Gasteiger partial charge in [0, 0.05) is 6.04 Å². The average molecular weight is 233 g/mol. The molecule has 1 atom stereocenters. The maximum absolute atomic E-state index is 3.66. The number of unbranched alkanes of at least 4 members (excludes halogenated alkanes) is 1. The van der Waals surface area contributed by atoms with E-state index in [4.69, 9.17) is 0 Å². The lowest BCUT2D eigenvalue weighted by Gasteiger charge is -2.19. The van der Waals surface area contributed by atoms with Gasteiger partial charge in [-0.05, 0) is 36.9 Å². The van der Waals surface area contributed by atoms with Crippen LogP contribution in [0.5, 0.6) is 0 Å². The number of hydrogen-bond donors (Lipinski definition) is 1. The predicted octanol–water partition coefficient (Wildman–Crippen LogP) is 4.48. The monoisotopic (exact) mass is 233 g/mol. The largest absolute Gasteiger partial charge is 0.310 e. The van der Waals surface area contributed by atoms with Crippen molar-refractivity contribution in [1.82, 2.24) is 5.32 Å². The quantitative estimate of drug-likeness (QED) is 0.698. The second kappa shape index (κ2) is 8.30. The van der Waals surface area contributed by atoms with Gasteiger partial charge < -0.3 is 5.32 Å². The van der Waals surface area contributed by atoms with Crippen molar-refractivity contribution in [3.8, 4) is 0 Å². The predicted molar refractivity (Wildman–Crippen MR) is 76.4 cm³/mol. The summed E-state index contributed by atoms with van der Waals surface area (Å²) in [6, 6.07) is 9.66. The zero-order chi connectivity index (χ0) is 12.5. The molecule has 17 heavy (non-hydrogen) atoms. The molecule has 0 spiro atoms. The molecule has 0 aromatic heterocycles. The minimum atomic E-state index is 0.542. The van der Waals surface area contributed by atoms with E-state index in [-0.39, 0.29) is 0 Å². The molecule has 1 aromatic carbocycles. The van der Waals surface area contributed by atoms with Gasteiger partial charge in [-0.15, -0.1) is 0 Å². The minimum absolute atomic E-state index is 0.542. The van der Waals surface area contributed by atoms with Crippen molar-refractivity contribution in [3.63, 3.8) is 0 Å². The van der Waals surface area contributed by atoms with Crippen molar-refractivity contribution in [2.45, 2.75) is 58.9 Å². The summed E-state index contributed by atoms with van der Waals surface area (Å²) in [7, 11) is 0. The maximum Gasteiger partial charge on any atom is 0.0320 e. The van der Waals surface area contributed by atoms with E-state index in [0.29, 0.717) is 6.04 Å². The van der Waals surface area contributed by atoms with E-state index in [1.54, 1.807) is 0 Å². The fourth-order valence-electron chi connectivity index (χ4n) is 2.10. The molecule has 0 amide bonds. The Bertz CT molecular complexity index is 281. The third-order valence-corrected chi connectivity index (χ3v) is 3.28. The summed E-state index contributed by atoms with van der Waals surface area (Å²) in [6.45, 7) is 7.81. The molecule has 0 aliphatic rings. The van der Waals surface area contributed by atoms with Crippen molar-refractivity contribution in [2.75, 3.05) is 6.54 Å². The Kier molecular flexibility index (Phi) is 6.95. The van der Waals surface area contributed by atoms with Crippen molar-refractivity contribution in [3.05, 3.63) is 35.4 Å². The molecule has 0 fully saturated rings. The molecule has 96 valence electrons. The molecule has 1 nitrogen and oxygen atoms in total. The normalized spacial score (nSPS) is 12.6. The summed E-state index contributed by atoms with van der Waals surface area (Å²) in [5, 5.41) is 3.66. The van der Waals surface area contributed by atoms with Gasteiger partial charge in [-0.2, -0.15) is 0 Å². The third-order valence-electron chi connectivity index (χ3n) is 3.28. The summed E-state index contributed by atoms with van der Waals surface area (Å²) in [5.74, 6) is 0. The lowest BCUT2D eigenvalue weighted by Crippen LogP contribution is -2.22. The highest BCUT2D eigenvalue weighted by atomic mass is 14.9. The molecule has 0 saturated heterocycles. The molecule has 1 N–H and O–H groups in total. The maximum atomic E-state index is 3.66. The number of nitrogens with one attached hydrogen (secondary N) is 1. The molecule has 0 bridgehead atoms. The number of rotatable bonds is 8. The molecule has 1 unspecified atom stereocenters. The van der Waals surface area contributed by atoms with Crippen LogP contribution in [0.3, 0.4) is 0 Å². The van der Waals surface area contributed by atoms with Crippen LogP contribution in [-0.4, -0.2) is 6.54 Å². The van der Waals surface area contributed by atoms with Gasteiger partial charge in [-0.3, -0.25) is 0 Å². The van der Waals surface area contributed by atoms with Crippen molar-refractivity contribution < 1.29 is 0 Å². The molecular formula is C16H27N. The highest BCUT2D eigenvalue weighted by molar-refractivity contribution is 5.25. The highest BCUT2D eigenvalue weighted by Crippen LogP contribution is 2.20. The van der Waals surface area contributed by atoms with Crippen LogP contribution >= 0.6 is 0 Å². The fraction of sp³-hybridized carbons (Fsp3) is 0.625. The Hall–Kier alpha value is -0.820. The summed E-state index contributed by atoms with van der Waals surface area (Å²) < 4.78 is 0. The Balaban J connectivity index is 2.65. The average Bonchev–Trinajstić information content (AvgIpc) is 2.39. The van der Waals surface area contributed by atoms with E-state index >= 15 is 0 Å². The smallest absolute Gasteiger partial charge is 0.0320 e. The molecule has 1 rings (SSSR count). The number of aryl methyl sites for hydroxylation is 1. The van der Waals surface area contributed by atoms with Gasteiger partial charge >= 0.3 is 0 Å². The molecule has 0 saturated carbocycles. The molecule has 0 aliphatic heterocycles. The zero-order valence-corrected chi connectivity index (χ0v) is 11.6. The van der Waals surface area contributed by atoms with E-state index in [1.165, 1.54) is 36.8 Å². The lowest BCUT2D eigenvalue weighted by atomic mass is 9.99. The third kappa shape index (κ3) is 4.91. The van der Waals surface area contributed by atoms with E-state index in [1.807, 2.05) is 0 Å². The molecule has 0 aliphatic carbocycles. The van der Waals surface area contributed by atoms with E-state index in [0.717, 1.165) is 13.0 Å². The minimum Gasteiger partial charge on any atom is -0.310 e. The van der Waals surface area contributed by atoms with Gasteiger partial charge in [-0.1, -0.05) is 57.9 Å². The number of benzene rings is 1. The Morgan fingerprint density at radius 3 is 2.24 bits per heavy atom. The second-order valence-electron chi connectivity index (χ2n) is 4.74. The first-order chi connectivity index (χ1) is 8.31. The van der Waals surface area contributed by atoms with Crippen molar-refractivity contribution in [2.24, 2.45) is 0 Å². The fourth-order valence-corrected chi connectivity index (χ4v) is 2.10. The molecule has 1 heteroatoms. The van der Waals surface area contributed by atoms with Crippen LogP contribution in [-0.2, 0) is 6.42 Å². The second-order valence-corrected chi connectivity index (χ2v) is 4.74. The van der Waals surface area contributed by atoms with E-state index < -0.39 is 0 Å². The Labute approximate surface area is 107 Å². The van der Waals surface area contributed by atoms with Crippen LogP contribution in [0, 0.1) is 0 Å². The zero-order valence-electron chi connectivity index (χ0n) is 11.6. The van der Waals surface area contributed by atoms with E-state index in [2.05, 4.69) is 50.4 Å². The van der Waals surface area contributed by atoms with Gasteiger partial charge in [-0.25, -0.2) is 0 Å².